The highest BCUT2D eigenvalue weighted by Gasteiger charge is 2.33. The standard InChI is InChI=1S/C18H25N3O2/c1-3-18(2)14-21(12-13-23-18)17(22)20-16(10-7-11-19)15-8-5-4-6-9-15/h4-6,8-9,16H,3,7,10,12-14H2,1-2H3,(H,20,22). The van der Waals surface area contributed by atoms with E-state index in [1.54, 1.807) is 0 Å². The smallest absolute Gasteiger partial charge is 0.318 e. The maximum absolute atomic E-state index is 12.6. The third-order valence-electron chi connectivity index (χ3n) is 4.42. The van der Waals surface area contributed by atoms with Crippen LogP contribution >= 0.6 is 0 Å². The number of morpholine rings is 1. The highest BCUT2D eigenvalue weighted by Crippen LogP contribution is 2.23. The molecule has 0 aromatic heterocycles. The van der Waals surface area contributed by atoms with Gasteiger partial charge in [-0.1, -0.05) is 37.3 Å². The van der Waals surface area contributed by atoms with Crippen LogP contribution in [0.1, 0.15) is 44.7 Å². The van der Waals surface area contributed by atoms with E-state index in [-0.39, 0.29) is 17.7 Å². The minimum Gasteiger partial charge on any atom is -0.372 e. The van der Waals surface area contributed by atoms with Crippen molar-refractivity contribution in [2.75, 3.05) is 19.7 Å². The van der Waals surface area contributed by atoms with E-state index in [4.69, 9.17) is 10.00 Å². The van der Waals surface area contributed by atoms with Crippen LogP contribution in [0.15, 0.2) is 30.3 Å². The number of rotatable bonds is 5. The lowest BCUT2D eigenvalue weighted by molar-refractivity contribution is -0.0874. The van der Waals surface area contributed by atoms with Crippen molar-refractivity contribution in [2.45, 2.75) is 44.8 Å². The summed E-state index contributed by atoms with van der Waals surface area (Å²) in [6.45, 7) is 5.86. The highest BCUT2D eigenvalue weighted by molar-refractivity contribution is 5.75. The second-order valence-corrected chi connectivity index (χ2v) is 6.18. The van der Waals surface area contributed by atoms with Gasteiger partial charge in [0.15, 0.2) is 0 Å². The average Bonchev–Trinajstić information content (AvgIpc) is 2.59. The van der Waals surface area contributed by atoms with Gasteiger partial charge in [-0.05, 0) is 25.3 Å². The van der Waals surface area contributed by atoms with Crippen LogP contribution in [-0.2, 0) is 4.74 Å². The molecule has 1 N–H and O–H groups in total. The molecule has 2 amide bonds. The van der Waals surface area contributed by atoms with Crippen LogP contribution in [0.2, 0.25) is 0 Å². The molecule has 1 saturated heterocycles. The van der Waals surface area contributed by atoms with Crippen molar-refractivity contribution in [3.05, 3.63) is 35.9 Å². The summed E-state index contributed by atoms with van der Waals surface area (Å²) in [5.74, 6) is 0. The summed E-state index contributed by atoms with van der Waals surface area (Å²) in [5.41, 5.74) is 0.757. The maximum atomic E-state index is 12.6. The van der Waals surface area contributed by atoms with Crippen molar-refractivity contribution >= 4 is 6.03 Å². The lowest BCUT2D eigenvalue weighted by Gasteiger charge is -2.40. The topological polar surface area (TPSA) is 65.4 Å². The van der Waals surface area contributed by atoms with Crippen LogP contribution in [0, 0.1) is 11.3 Å². The molecular formula is C18H25N3O2. The number of nitrogens with zero attached hydrogens (tertiary/aromatic N) is 2. The van der Waals surface area contributed by atoms with Crippen LogP contribution in [0.3, 0.4) is 0 Å². The number of hydrogen-bond donors (Lipinski definition) is 1. The number of nitrogens with one attached hydrogen (secondary N) is 1. The summed E-state index contributed by atoms with van der Waals surface area (Å²) in [5, 5.41) is 11.9. The van der Waals surface area contributed by atoms with Gasteiger partial charge in [-0.25, -0.2) is 4.79 Å². The van der Waals surface area contributed by atoms with E-state index in [0.717, 1.165) is 12.0 Å². The zero-order valence-corrected chi connectivity index (χ0v) is 13.9. The van der Waals surface area contributed by atoms with Crippen molar-refractivity contribution < 1.29 is 9.53 Å². The molecule has 1 aliphatic rings. The second-order valence-electron chi connectivity index (χ2n) is 6.18. The Balaban J connectivity index is 2.04. The van der Waals surface area contributed by atoms with E-state index in [9.17, 15) is 4.79 Å². The van der Waals surface area contributed by atoms with Gasteiger partial charge in [0.25, 0.3) is 0 Å². The van der Waals surface area contributed by atoms with E-state index >= 15 is 0 Å². The molecule has 0 bridgehead atoms. The molecular weight excluding hydrogens is 290 g/mol. The molecule has 2 rings (SSSR count). The van der Waals surface area contributed by atoms with Gasteiger partial charge in [-0.3, -0.25) is 0 Å². The fourth-order valence-electron chi connectivity index (χ4n) is 2.77. The molecule has 0 saturated carbocycles. The number of carbonyl (C=O) groups excluding carboxylic acids is 1. The van der Waals surface area contributed by atoms with Crippen molar-refractivity contribution in [1.82, 2.24) is 10.2 Å². The Kier molecular flexibility index (Phi) is 6.00. The van der Waals surface area contributed by atoms with Gasteiger partial charge in [-0.2, -0.15) is 5.26 Å². The molecule has 5 heteroatoms. The fraction of sp³-hybridized carbons (Fsp3) is 0.556. The van der Waals surface area contributed by atoms with Crippen LogP contribution in [0.4, 0.5) is 4.79 Å². The van der Waals surface area contributed by atoms with Gasteiger partial charge in [0.2, 0.25) is 0 Å². The number of ether oxygens (including phenoxy) is 1. The molecule has 2 atom stereocenters. The number of urea groups is 1. The summed E-state index contributed by atoms with van der Waals surface area (Å²) in [7, 11) is 0. The summed E-state index contributed by atoms with van der Waals surface area (Å²) in [6, 6.07) is 11.7. The normalized spacial score (nSPS) is 22.2. The Morgan fingerprint density at radius 2 is 2.22 bits per heavy atom. The molecule has 1 aromatic carbocycles. The third-order valence-corrected chi connectivity index (χ3v) is 4.42. The van der Waals surface area contributed by atoms with Crippen LogP contribution < -0.4 is 5.32 Å². The zero-order valence-electron chi connectivity index (χ0n) is 13.9. The maximum Gasteiger partial charge on any atom is 0.318 e. The minimum absolute atomic E-state index is 0.0835. The molecule has 23 heavy (non-hydrogen) atoms. The summed E-state index contributed by atoms with van der Waals surface area (Å²) < 4.78 is 5.78. The molecule has 124 valence electrons. The molecule has 1 aliphatic heterocycles. The van der Waals surface area contributed by atoms with Gasteiger partial charge < -0.3 is 15.0 Å². The summed E-state index contributed by atoms with van der Waals surface area (Å²) in [6.07, 6.45) is 1.89. The van der Waals surface area contributed by atoms with Crippen molar-refractivity contribution in [3.63, 3.8) is 0 Å². The molecule has 2 unspecified atom stereocenters. The Hall–Kier alpha value is -2.06. The fourth-order valence-corrected chi connectivity index (χ4v) is 2.77. The van der Waals surface area contributed by atoms with Crippen LogP contribution in [0.25, 0.3) is 0 Å². The Morgan fingerprint density at radius 3 is 2.87 bits per heavy atom. The van der Waals surface area contributed by atoms with Gasteiger partial charge in [0, 0.05) is 13.0 Å². The number of hydrogen-bond acceptors (Lipinski definition) is 3. The molecule has 1 fully saturated rings. The molecule has 0 radical (unpaired) electrons. The van der Waals surface area contributed by atoms with Gasteiger partial charge in [-0.15, -0.1) is 0 Å². The third kappa shape index (κ3) is 4.70. The lowest BCUT2D eigenvalue weighted by Crippen LogP contribution is -2.54. The molecule has 1 aromatic rings. The predicted molar refractivity (Wildman–Crippen MR) is 88.8 cm³/mol. The largest absolute Gasteiger partial charge is 0.372 e. The van der Waals surface area contributed by atoms with E-state index in [1.165, 1.54) is 0 Å². The number of benzene rings is 1. The van der Waals surface area contributed by atoms with Gasteiger partial charge >= 0.3 is 6.03 Å². The predicted octanol–water partition coefficient (Wildman–Crippen LogP) is 3.24. The average molecular weight is 315 g/mol. The first-order valence-corrected chi connectivity index (χ1v) is 8.19. The van der Waals surface area contributed by atoms with Gasteiger partial charge in [0.1, 0.15) is 0 Å². The quantitative estimate of drug-likeness (QED) is 0.907. The van der Waals surface area contributed by atoms with E-state index in [0.29, 0.717) is 32.5 Å². The Morgan fingerprint density at radius 1 is 1.48 bits per heavy atom. The zero-order chi connectivity index (χ0) is 16.7. The summed E-state index contributed by atoms with van der Waals surface area (Å²) >= 11 is 0. The van der Waals surface area contributed by atoms with Crippen molar-refractivity contribution in [1.29, 1.82) is 5.26 Å². The highest BCUT2D eigenvalue weighted by atomic mass is 16.5. The molecule has 1 heterocycles. The first kappa shape index (κ1) is 17.3. The summed E-state index contributed by atoms with van der Waals surface area (Å²) in [4.78, 5) is 14.4. The lowest BCUT2D eigenvalue weighted by atomic mass is 10.0. The first-order chi connectivity index (χ1) is 11.1. The van der Waals surface area contributed by atoms with Crippen molar-refractivity contribution in [3.8, 4) is 6.07 Å². The van der Waals surface area contributed by atoms with Crippen LogP contribution in [0.5, 0.6) is 0 Å². The minimum atomic E-state index is -0.273. The van der Waals surface area contributed by atoms with E-state index in [2.05, 4.69) is 18.3 Å². The Bertz CT molecular complexity index is 555. The molecule has 0 spiro atoms. The number of nitriles is 1. The van der Waals surface area contributed by atoms with E-state index < -0.39 is 0 Å². The second kappa shape index (κ2) is 7.98. The van der Waals surface area contributed by atoms with E-state index in [1.807, 2.05) is 42.2 Å². The SMILES string of the molecule is CCC1(C)CN(C(=O)NC(CCC#N)c2ccccc2)CCO1. The monoisotopic (exact) mass is 315 g/mol. The Labute approximate surface area is 138 Å². The van der Waals surface area contributed by atoms with Crippen molar-refractivity contribution in [2.24, 2.45) is 0 Å². The molecule has 5 nitrogen and oxygen atoms in total. The van der Waals surface area contributed by atoms with Gasteiger partial charge in [0.05, 0.1) is 30.9 Å². The number of amides is 2. The molecule has 0 aliphatic carbocycles. The first-order valence-electron chi connectivity index (χ1n) is 8.19. The van der Waals surface area contributed by atoms with Crippen LogP contribution in [-0.4, -0.2) is 36.2 Å². The number of carbonyl (C=O) groups is 1.